The van der Waals surface area contributed by atoms with Crippen molar-refractivity contribution in [2.45, 2.75) is 18.6 Å². The molecule has 7 heteroatoms. The Morgan fingerprint density at radius 3 is 2.43 bits per heavy atom. The summed E-state index contributed by atoms with van der Waals surface area (Å²) in [5.41, 5.74) is 10.0. The van der Waals surface area contributed by atoms with Crippen LogP contribution in [0.2, 0.25) is 0 Å². The predicted octanol–water partition coefficient (Wildman–Crippen LogP) is -2.91. The van der Waals surface area contributed by atoms with Crippen molar-refractivity contribution >= 4 is 11.9 Å². The molecule has 1 unspecified atom stereocenters. The number of nitrogens with two attached hydrogens (primary N) is 2. The van der Waals surface area contributed by atoms with Gasteiger partial charge < -0.3 is 26.4 Å². The van der Waals surface area contributed by atoms with E-state index in [2.05, 4.69) is 4.74 Å². The normalized spacial score (nSPS) is 14.5. The maximum Gasteiger partial charge on any atom is 0.323 e. The summed E-state index contributed by atoms with van der Waals surface area (Å²) in [5.74, 6) is -1.55. The summed E-state index contributed by atoms with van der Waals surface area (Å²) >= 11 is 0. The lowest BCUT2D eigenvalue weighted by atomic mass is 10.2. The first-order valence-electron chi connectivity index (χ1n) is 3.96. The summed E-state index contributed by atoms with van der Waals surface area (Å²) in [7, 11) is 0. The minimum absolute atomic E-state index is 0.311. The van der Waals surface area contributed by atoms with Gasteiger partial charge in [-0.05, 0) is 0 Å². The molecule has 7 nitrogen and oxygen atoms in total. The molecule has 82 valence electrons. The molecule has 0 aliphatic heterocycles. The van der Waals surface area contributed by atoms with Gasteiger partial charge in [0.15, 0.2) is 0 Å². The summed E-state index contributed by atoms with van der Waals surface area (Å²) < 4.78 is 4.48. The van der Waals surface area contributed by atoms with E-state index >= 15 is 0 Å². The summed E-state index contributed by atoms with van der Waals surface area (Å²) in [6.45, 7) is -0.875. The van der Waals surface area contributed by atoms with Crippen molar-refractivity contribution in [1.82, 2.24) is 0 Å². The lowest BCUT2D eigenvalue weighted by Gasteiger charge is -2.11. The van der Waals surface area contributed by atoms with Gasteiger partial charge in [0, 0.05) is 0 Å². The minimum Gasteiger partial charge on any atom is -0.462 e. The number of carbonyl (C=O) groups excluding carboxylic acids is 2. The Labute approximate surface area is 80.6 Å². The zero-order valence-corrected chi connectivity index (χ0v) is 7.55. The molecule has 0 saturated heterocycles. The van der Waals surface area contributed by atoms with E-state index in [1.165, 1.54) is 0 Å². The van der Waals surface area contributed by atoms with Crippen LogP contribution in [0.3, 0.4) is 0 Å². The number of carbonyl (C=O) groups is 2. The standard InChI is InChI=1S/C7H14N2O5/c8-5(1-6(9)12)7(13)14-3-4(11)2-10/h4-5,10-11H,1-3,8H2,(H2,9,12)/t4?,5-/m0/s1. The molecular weight excluding hydrogens is 192 g/mol. The molecule has 0 radical (unpaired) electrons. The van der Waals surface area contributed by atoms with Gasteiger partial charge in [-0.15, -0.1) is 0 Å². The number of amides is 1. The van der Waals surface area contributed by atoms with Crippen LogP contribution in [0.15, 0.2) is 0 Å². The molecule has 0 spiro atoms. The average molecular weight is 206 g/mol. The molecule has 0 aromatic heterocycles. The molecule has 14 heavy (non-hydrogen) atoms. The highest BCUT2D eigenvalue weighted by atomic mass is 16.5. The van der Waals surface area contributed by atoms with Gasteiger partial charge in [0.25, 0.3) is 0 Å². The number of ether oxygens (including phenoxy) is 1. The highest BCUT2D eigenvalue weighted by molar-refractivity contribution is 5.84. The average Bonchev–Trinajstić information content (AvgIpc) is 2.12. The van der Waals surface area contributed by atoms with E-state index in [-0.39, 0.29) is 13.0 Å². The van der Waals surface area contributed by atoms with Crippen molar-refractivity contribution in [3.8, 4) is 0 Å². The Bertz CT molecular complexity index is 208. The second-order valence-electron chi connectivity index (χ2n) is 2.74. The number of rotatable bonds is 6. The molecule has 0 aromatic rings. The van der Waals surface area contributed by atoms with E-state index in [9.17, 15) is 9.59 Å². The number of aliphatic hydroxyl groups excluding tert-OH is 2. The van der Waals surface area contributed by atoms with Crippen LogP contribution in [0.5, 0.6) is 0 Å². The quantitative estimate of drug-likeness (QED) is 0.344. The van der Waals surface area contributed by atoms with Gasteiger partial charge in [0.05, 0.1) is 13.0 Å². The molecule has 0 fully saturated rings. The van der Waals surface area contributed by atoms with E-state index in [1.54, 1.807) is 0 Å². The zero-order valence-electron chi connectivity index (χ0n) is 7.55. The number of aliphatic hydroxyl groups is 2. The van der Waals surface area contributed by atoms with E-state index < -0.39 is 30.6 Å². The molecular formula is C7H14N2O5. The fourth-order valence-corrected chi connectivity index (χ4v) is 0.638. The van der Waals surface area contributed by atoms with Crippen LogP contribution in [0.25, 0.3) is 0 Å². The number of hydrogen-bond donors (Lipinski definition) is 4. The number of hydrogen-bond acceptors (Lipinski definition) is 6. The Morgan fingerprint density at radius 2 is 2.00 bits per heavy atom. The van der Waals surface area contributed by atoms with Gasteiger partial charge in [-0.1, -0.05) is 0 Å². The van der Waals surface area contributed by atoms with Gasteiger partial charge in [0.2, 0.25) is 5.91 Å². The van der Waals surface area contributed by atoms with E-state index in [0.29, 0.717) is 0 Å². The molecule has 0 bridgehead atoms. The fraction of sp³-hybridized carbons (Fsp3) is 0.714. The van der Waals surface area contributed by atoms with Crippen molar-refractivity contribution in [3.63, 3.8) is 0 Å². The van der Waals surface area contributed by atoms with Gasteiger partial charge in [-0.3, -0.25) is 9.59 Å². The highest BCUT2D eigenvalue weighted by Crippen LogP contribution is 1.93. The third kappa shape index (κ3) is 5.46. The first-order chi connectivity index (χ1) is 6.47. The Kier molecular flexibility index (Phi) is 5.77. The van der Waals surface area contributed by atoms with Gasteiger partial charge >= 0.3 is 5.97 Å². The molecule has 0 aliphatic carbocycles. The SMILES string of the molecule is NC(=O)C[C@H](N)C(=O)OCC(O)CO. The molecule has 0 heterocycles. The number of esters is 1. The van der Waals surface area contributed by atoms with E-state index in [4.69, 9.17) is 21.7 Å². The summed E-state index contributed by atoms with van der Waals surface area (Å²) in [5, 5.41) is 17.2. The van der Waals surface area contributed by atoms with Crippen LogP contribution in [0, 0.1) is 0 Å². The molecule has 2 atom stereocenters. The predicted molar refractivity (Wildman–Crippen MR) is 45.8 cm³/mol. The maximum atomic E-state index is 11.0. The molecule has 0 rings (SSSR count). The van der Waals surface area contributed by atoms with Crippen LogP contribution in [-0.4, -0.2) is 47.4 Å². The molecule has 1 amide bonds. The Balaban J connectivity index is 3.78. The van der Waals surface area contributed by atoms with Crippen molar-refractivity contribution in [1.29, 1.82) is 0 Å². The third-order valence-electron chi connectivity index (χ3n) is 1.35. The monoisotopic (exact) mass is 206 g/mol. The summed E-state index contributed by atoms with van der Waals surface area (Å²) in [6, 6.07) is -1.13. The van der Waals surface area contributed by atoms with Gasteiger partial charge in [-0.25, -0.2) is 0 Å². The Hall–Kier alpha value is -1.18. The lowest BCUT2D eigenvalue weighted by molar-refractivity contribution is -0.149. The second kappa shape index (κ2) is 6.30. The third-order valence-corrected chi connectivity index (χ3v) is 1.35. The van der Waals surface area contributed by atoms with Crippen LogP contribution in [0.1, 0.15) is 6.42 Å². The second-order valence-corrected chi connectivity index (χ2v) is 2.74. The topological polar surface area (TPSA) is 136 Å². The van der Waals surface area contributed by atoms with E-state index in [0.717, 1.165) is 0 Å². The first kappa shape index (κ1) is 12.8. The molecule has 0 aromatic carbocycles. The Morgan fingerprint density at radius 1 is 1.43 bits per heavy atom. The van der Waals surface area contributed by atoms with Gasteiger partial charge in [-0.2, -0.15) is 0 Å². The maximum absolute atomic E-state index is 11.0. The molecule has 0 saturated carbocycles. The van der Waals surface area contributed by atoms with Gasteiger partial charge in [0.1, 0.15) is 18.8 Å². The first-order valence-corrected chi connectivity index (χ1v) is 3.96. The van der Waals surface area contributed by atoms with E-state index in [1.807, 2.05) is 0 Å². The largest absolute Gasteiger partial charge is 0.462 e. The fourth-order valence-electron chi connectivity index (χ4n) is 0.638. The summed E-state index contributed by atoms with van der Waals surface area (Å²) in [6.07, 6.45) is -1.45. The van der Waals surface area contributed by atoms with Crippen molar-refractivity contribution in [3.05, 3.63) is 0 Å². The van der Waals surface area contributed by atoms with Crippen molar-refractivity contribution < 1.29 is 24.5 Å². The smallest absolute Gasteiger partial charge is 0.323 e. The van der Waals surface area contributed by atoms with Crippen LogP contribution in [0.4, 0.5) is 0 Å². The minimum atomic E-state index is -1.14. The van der Waals surface area contributed by atoms with Crippen LogP contribution < -0.4 is 11.5 Å². The summed E-state index contributed by atoms with van der Waals surface area (Å²) in [4.78, 5) is 21.3. The van der Waals surface area contributed by atoms with Crippen molar-refractivity contribution in [2.75, 3.05) is 13.2 Å². The zero-order chi connectivity index (χ0) is 11.1. The van der Waals surface area contributed by atoms with Crippen LogP contribution >= 0.6 is 0 Å². The van der Waals surface area contributed by atoms with Crippen LogP contribution in [-0.2, 0) is 14.3 Å². The number of primary amides is 1. The van der Waals surface area contributed by atoms with Crippen molar-refractivity contribution in [2.24, 2.45) is 11.5 Å². The lowest BCUT2D eigenvalue weighted by Crippen LogP contribution is -2.37. The molecule has 6 N–H and O–H groups in total. The molecule has 0 aliphatic rings. The highest BCUT2D eigenvalue weighted by Gasteiger charge is 2.18.